The average Bonchev–Trinajstić information content (AvgIpc) is 3.15. The largest absolute Gasteiger partial charge is 0.469 e. The van der Waals surface area contributed by atoms with Crippen LogP contribution >= 0.6 is 0 Å². The maximum atomic E-state index is 12.7. The second-order valence-corrected chi connectivity index (χ2v) is 6.21. The molecule has 3 nitrogen and oxygen atoms in total. The molecule has 0 fully saturated rings. The van der Waals surface area contributed by atoms with Crippen molar-refractivity contribution in [2.75, 3.05) is 6.54 Å². The summed E-state index contributed by atoms with van der Waals surface area (Å²) in [7, 11) is 0. The van der Waals surface area contributed by atoms with Gasteiger partial charge in [-0.15, -0.1) is 0 Å². The zero-order valence-electron chi connectivity index (χ0n) is 13.9. The Kier molecular flexibility index (Phi) is 4.21. The zero-order valence-corrected chi connectivity index (χ0v) is 13.9. The summed E-state index contributed by atoms with van der Waals surface area (Å²) < 4.78 is 5.42. The van der Waals surface area contributed by atoms with Crippen molar-refractivity contribution in [3.8, 4) is 0 Å². The lowest BCUT2D eigenvalue weighted by Crippen LogP contribution is -2.35. The van der Waals surface area contributed by atoms with E-state index in [4.69, 9.17) is 4.42 Å². The Morgan fingerprint density at radius 3 is 2.40 bits per heavy atom. The van der Waals surface area contributed by atoms with E-state index in [1.807, 2.05) is 53.4 Å². The smallest absolute Gasteiger partial charge is 0.254 e. The maximum absolute atomic E-state index is 12.7. The summed E-state index contributed by atoms with van der Waals surface area (Å²) in [4.78, 5) is 14.6. The minimum atomic E-state index is 0.0745. The highest BCUT2D eigenvalue weighted by molar-refractivity contribution is 5.94. The van der Waals surface area contributed by atoms with E-state index < -0.39 is 0 Å². The molecule has 124 valence electrons. The third-order valence-corrected chi connectivity index (χ3v) is 4.52. The van der Waals surface area contributed by atoms with Crippen LogP contribution in [0.2, 0.25) is 0 Å². The van der Waals surface area contributed by atoms with E-state index in [-0.39, 0.29) is 5.91 Å². The Morgan fingerprint density at radius 2 is 1.64 bits per heavy atom. The third-order valence-electron chi connectivity index (χ3n) is 4.52. The second-order valence-electron chi connectivity index (χ2n) is 6.21. The Morgan fingerprint density at radius 1 is 0.920 bits per heavy atom. The van der Waals surface area contributed by atoms with Gasteiger partial charge in [0.1, 0.15) is 5.76 Å². The van der Waals surface area contributed by atoms with E-state index in [0.717, 1.165) is 34.4 Å². The molecule has 0 spiro atoms. The first kappa shape index (κ1) is 15.5. The van der Waals surface area contributed by atoms with Gasteiger partial charge in [-0.05, 0) is 29.3 Å². The van der Waals surface area contributed by atoms with Gasteiger partial charge >= 0.3 is 0 Å². The molecule has 1 aliphatic heterocycles. The highest BCUT2D eigenvalue weighted by atomic mass is 16.3. The number of fused-ring (bicyclic) bond motifs is 1. The van der Waals surface area contributed by atoms with E-state index in [1.165, 1.54) is 0 Å². The number of furan rings is 1. The summed E-state index contributed by atoms with van der Waals surface area (Å²) in [6, 6.07) is 19.9. The van der Waals surface area contributed by atoms with Crippen LogP contribution < -0.4 is 0 Å². The molecule has 1 aromatic heterocycles. The molecule has 25 heavy (non-hydrogen) atoms. The molecule has 0 unspecified atom stereocenters. The maximum Gasteiger partial charge on any atom is 0.254 e. The molecule has 2 heterocycles. The van der Waals surface area contributed by atoms with Gasteiger partial charge in [0.25, 0.3) is 5.91 Å². The summed E-state index contributed by atoms with van der Waals surface area (Å²) in [5, 5.41) is 0. The number of rotatable bonds is 3. The Balaban J connectivity index is 1.45. The van der Waals surface area contributed by atoms with Crippen LogP contribution in [0, 0.1) is 0 Å². The Hall–Kier alpha value is -3.07. The van der Waals surface area contributed by atoms with Crippen molar-refractivity contribution in [2.45, 2.75) is 13.0 Å². The summed E-state index contributed by atoms with van der Waals surface area (Å²) in [5.41, 5.74) is 4.08. The molecule has 4 rings (SSSR count). The van der Waals surface area contributed by atoms with Crippen molar-refractivity contribution < 1.29 is 9.21 Å². The van der Waals surface area contributed by atoms with Gasteiger partial charge in [-0.2, -0.15) is 0 Å². The molecule has 1 amide bonds. The number of hydrogen-bond donors (Lipinski definition) is 0. The van der Waals surface area contributed by atoms with E-state index >= 15 is 0 Å². The fourth-order valence-electron chi connectivity index (χ4n) is 3.10. The van der Waals surface area contributed by atoms with Crippen LogP contribution in [0.25, 0.3) is 12.2 Å². The van der Waals surface area contributed by atoms with Crippen molar-refractivity contribution in [1.82, 2.24) is 4.90 Å². The van der Waals surface area contributed by atoms with E-state index in [0.29, 0.717) is 13.1 Å². The molecule has 3 aromatic rings. The van der Waals surface area contributed by atoms with E-state index in [2.05, 4.69) is 24.3 Å². The van der Waals surface area contributed by atoms with Gasteiger partial charge < -0.3 is 9.32 Å². The van der Waals surface area contributed by atoms with Gasteiger partial charge in [-0.25, -0.2) is 0 Å². The molecule has 0 radical (unpaired) electrons. The molecule has 0 N–H and O–H groups in total. The molecule has 0 saturated carbocycles. The van der Waals surface area contributed by atoms with Crippen LogP contribution in [0.15, 0.2) is 71.3 Å². The third kappa shape index (κ3) is 3.41. The van der Waals surface area contributed by atoms with Crippen LogP contribution in [-0.4, -0.2) is 17.4 Å². The highest BCUT2D eigenvalue weighted by Gasteiger charge is 2.23. The Bertz CT molecular complexity index is 891. The molecular weight excluding hydrogens is 310 g/mol. The van der Waals surface area contributed by atoms with Crippen LogP contribution in [0.4, 0.5) is 0 Å². The number of nitrogens with zero attached hydrogens (tertiary/aromatic N) is 1. The second kappa shape index (κ2) is 6.81. The van der Waals surface area contributed by atoms with Crippen LogP contribution in [0.1, 0.15) is 32.8 Å². The van der Waals surface area contributed by atoms with Crippen molar-refractivity contribution in [3.05, 3.63) is 94.9 Å². The van der Waals surface area contributed by atoms with Crippen LogP contribution in [-0.2, 0) is 13.0 Å². The molecular formula is C22H19NO2. The van der Waals surface area contributed by atoms with Crippen LogP contribution in [0.3, 0.4) is 0 Å². The van der Waals surface area contributed by atoms with Crippen LogP contribution in [0.5, 0.6) is 0 Å². The number of hydrogen-bond acceptors (Lipinski definition) is 2. The zero-order chi connectivity index (χ0) is 17.1. The summed E-state index contributed by atoms with van der Waals surface area (Å²) >= 11 is 0. The number of benzene rings is 2. The van der Waals surface area contributed by atoms with Crippen molar-refractivity contribution in [2.24, 2.45) is 0 Å². The monoisotopic (exact) mass is 329 g/mol. The molecule has 0 aliphatic carbocycles. The average molecular weight is 329 g/mol. The lowest BCUT2D eigenvalue weighted by molar-refractivity contribution is 0.0730. The summed E-state index contributed by atoms with van der Waals surface area (Å²) in [6.45, 7) is 1.33. The number of amides is 1. The standard InChI is InChI=1S/C22H19NO2/c24-22(23-14-12-21-20(16-23)13-15-25-21)19-10-8-18(9-11-19)7-6-17-4-2-1-3-5-17/h1-11,13,15H,12,14,16H2/b7-6+. The molecule has 0 saturated heterocycles. The molecule has 2 aromatic carbocycles. The van der Waals surface area contributed by atoms with Gasteiger partial charge in [0.2, 0.25) is 0 Å². The van der Waals surface area contributed by atoms with Crippen molar-refractivity contribution in [3.63, 3.8) is 0 Å². The van der Waals surface area contributed by atoms with Crippen molar-refractivity contribution >= 4 is 18.1 Å². The molecule has 1 aliphatic rings. The predicted octanol–water partition coefficient (Wildman–Crippen LogP) is 4.65. The number of carbonyl (C=O) groups is 1. The lowest BCUT2D eigenvalue weighted by atomic mass is 10.1. The first-order chi connectivity index (χ1) is 12.3. The van der Waals surface area contributed by atoms with Crippen molar-refractivity contribution in [1.29, 1.82) is 0 Å². The topological polar surface area (TPSA) is 33.5 Å². The molecule has 0 atom stereocenters. The first-order valence-corrected chi connectivity index (χ1v) is 8.47. The fourth-order valence-corrected chi connectivity index (χ4v) is 3.10. The summed E-state index contributed by atoms with van der Waals surface area (Å²) in [6.07, 6.45) is 6.61. The number of carbonyl (C=O) groups excluding carboxylic acids is 1. The molecule has 3 heteroatoms. The van der Waals surface area contributed by atoms with E-state index in [9.17, 15) is 4.79 Å². The molecule has 0 bridgehead atoms. The first-order valence-electron chi connectivity index (χ1n) is 8.47. The van der Waals surface area contributed by atoms with E-state index in [1.54, 1.807) is 6.26 Å². The fraction of sp³-hybridized carbons (Fsp3) is 0.136. The highest BCUT2D eigenvalue weighted by Crippen LogP contribution is 2.21. The predicted molar refractivity (Wildman–Crippen MR) is 99.0 cm³/mol. The lowest BCUT2D eigenvalue weighted by Gasteiger charge is -2.26. The van der Waals surface area contributed by atoms with Gasteiger partial charge in [0.05, 0.1) is 6.26 Å². The minimum absolute atomic E-state index is 0.0745. The normalized spacial score (nSPS) is 13.8. The summed E-state index contributed by atoms with van der Waals surface area (Å²) in [5.74, 6) is 1.08. The SMILES string of the molecule is O=C(c1ccc(/C=C/c2ccccc2)cc1)N1CCc2occc2C1. The van der Waals surface area contributed by atoms with Gasteiger partial charge in [0.15, 0.2) is 0 Å². The van der Waals surface area contributed by atoms with Gasteiger partial charge in [-0.3, -0.25) is 4.79 Å². The Labute approximate surface area is 147 Å². The van der Waals surface area contributed by atoms with Gasteiger partial charge in [0, 0.05) is 30.6 Å². The quantitative estimate of drug-likeness (QED) is 0.655. The van der Waals surface area contributed by atoms with Gasteiger partial charge in [-0.1, -0.05) is 54.6 Å². The minimum Gasteiger partial charge on any atom is -0.469 e.